The van der Waals surface area contributed by atoms with Crippen LogP contribution < -0.4 is 4.74 Å². The standard InChI is InChI=1S/C18H22N4O2/c1-15-11-20-22(12-15)14-17-13-21(6-8-23-17)7-9-24-18-5-3-2-4-16(18)10-19/h2-5,11-12,17H,6-9,13-14H2,1H3/t17-/m0/s1. The molecule has 0 spiro atoms. The van der Waals surface area contributed by atoms with Crippen LogP contribution in [0.1, 0.15) is 11.1 Å². The molecule has 126 valence electrons. The van der Waals surface area contributed by atoms with Crippen LogP contribution in [-0.2, 0) is 11.3 Å². The molecule has 3 rings (SSSR count). The van der Waals surface area contributed by atoms with E-state index < -0.39 is 0 Å². The molecule has 6 heteroatoms. The van der Waals surface area contributed by atoms with Crippen LogP contribution in [0.25, 0.3) is 0 Å². The average molecular weight is 326 g/mol. The van der Waals surface area contributed by atoms with Crippen molar-refractivity contribution < 1.29 is 9.47 Å². The van der Waals surface area contributed by atoms with E-state index >= 15 is 0 Å². The molecule has 1 aromatic heterocycles. The molecule has 2 aromatic rings. The van der Waals surface area contributed by atoms with Crippen LogP contribution >= 0.6 is 0 Å². The van der Waals surface area contributed by atoms with Crippen molar-refractivity contribution in [1.29, 1.82) is 5.26 Å². The van der Waals surface area contributed by atoms with Crippen molar-refractivity contribution in [2.45, 2.75) is 19.6 Å². The number of para-hydroxylation sites is 1. The highest BCUT2D eigenvalue weighted by Gasteiger charge is 2.21. The van der Waals surface area contributed by atoms with E-state index in [4.69, 9.17) is 14.7 Å². The molecule has 0 unspecified atom stereocenters. The number of nitrogens with zero attached hydrogens (tertiary/aromatic N) is 4. The minimum Gasteiger partial charge on any atom is -0.491 e. The number of nitriles is 1. The number of rotatable bonds is 6. The van der Waals surface area contributed by atoms with Crippen LogP contribution in [-0.4, -0.2) is 53.6 Å². The van der Waals surface area contributed by atoms with E-state index in [1.165, 1.54) is 0 Å². The third-order valence-electron chi connectivity index (χ3n) is 4.05. The van der Waals surface area contributed by atoms with Gasteiger partial charge in [0.2, 0.25) is 0 Å². The van der Waals surface area contributed by atoms with E-state index in [-0.39, 0.29) is 6.10 Å². The largest absolute Gasteiger partial charge is 0.491 e. The fraction of sp³-hybridized carbons (Fsp3) is 0.444. The van der Waals surface area contributed by atoms with Crippen molar-refractivity contribution in [2.75, 3.05) is 32.8 Å². The fourth-order valence-electron chi connectivity index (χ4n) is 2.84. The van der Waals surface area contributed by atoms with Crippen molar-refractivity contribution >= 4 is 0 Å². The zero-order valence-corrected chi connectivity index (χ0v) is 13.9. The molecule has 1 saturated heterocycles. The molecule has 1 atom stereocenters. The maximum absolute atomic E-state index is 9.08. The van der Waals surface area contributed by atoms with Crippen molar-refractivity contribution in [1.82, 2.24) is 14.7 Å². The van der Waals surface area contributed by atoms with Crippen molar-refractivity contribution in [3.8, 4) is 11.8 Å². The minimum atomic E-state index is 0.143. The Hall–Kier alpha value is -2.36. The van der Waals surface area contributed by atoms with Gasteiger partial charge in [0, 0.05) is 25.8 Å². The summed E-state index contributed by atoms with van der Waals surface area (Å²) in [5, 5.41) is 13.4. The zero-order valence-electron chi connectivity index (χ0n) is 13.9. The summed E-state index contributed by atoms with van der Waals surface area (Å²) < 4.78 is 13.5. The van der Waals surface area contributed by atoms with Crippen molar-refractivity contribution in [3.05, 3.63) is 47.8 Å². The van der Waals surface area contributed by atoms with Gasteiger partial charge in [0.1, 0.15) is 18.4 Å². The number of aryl methyl sites for hydroxylation is 1. The molecular formula is C18H22N4O2. The lowest BCUT2D eigenvalue weighted by Crippen LogP contribution is -2.45. The third-order valence-corrected chi connectivity index (χ3v) is 4.05. The van der Waals surface area contributed by atoms with E-state index in [2.05, 4.69) is 16.1 Å². The lowest BCUT2D eigenvalue weighted by Gasteiger charge is -2.32. The van der Waals surface area contributed by atoms with Gasteiger partial charge in [-0.3, -0.25) is 9.58 Å². The number of aromatic nitrogens is 2. The predicted molar refractivity (Wildman–Crippen MR) is 89.8 cm³/mol. The van der Waals surface area contributed by atoms with Crippen LogP contribution in [0.4, 0.5) is 0 Å². The third kappa shape index (κ3) is 4.34. The first-order valence-corrected chi connectivity index (χ1v) is 8.19. The summed E-state index contributed by atoms with van der Waals surface area (Å²) in [5.41, 5.74) is 1.73. The number of morpholine rings is 1. The summed E-state index contributed by atoms with van der Waals surface area (Å²) in [6.45, 7) is 6.67. The van der Waals surface area contributed by atoms with Gasteiger partial charge in [-0.25, -0.2) is 0 Å². The van der Waals surface area contributed by atoms with Gasteiger partial charge >= 0.3 is 0 Å². The Balaban J connectivity index is 1.46. The molecule has 2 heterocycles. The first kappa shape index (κ1) is 16.5. The molecule has 1 aliphatic heterocycles. The molecule has 0 aliphatic carbocycles. The lowest BCUT2D eigenvalue weighted by atomic mass is 10.2. The molecular weight excluding hydrogens is 304 g/mol. The molecule has 0 radical (unpaired) electrons. The van der Waals surface area contributed by atoms with E-state index in [1.54, 1.807) is 6.07 Å². The molecule has 6 nitrogen and oxygen atoms in total. The highest BCUT2D eigenvalue weighted by Crippen LogP contribution is 2.16. The Morgan fingerprint density at radius 2 is 2.29 bits per heavy atom. The minimum absolute atomic E-state index is 0.143. The van der Waals surface area contributed by atoms with Crippen LogP contribution in [0.3, 0.4) is 0 Å². The summed E-state index contributed by atoms with van der Waals surface area (Å²) in [4.78, 5) is 2.33. The second-order valence-electron chi connectivity index (χ2n) is 5.99. The number of hydrogen-bond acceptors (Lipinski definition) is 5. The maximum atomic E-state index is 9.08. The second-order valence-corrected chi connectivity index (χ2v) is 5.99. The Labute approximate surface area is 142 Å². The van der Waals surface area contributed by atoms with Gasteiger partial charge in [-0.15, -0.1) is 0 Å². The van der Waals surface area contributed by atoms with Gasteiger partial charge in [-0.05, 0) is 24.6 Å². The Morgan fingerprint density at radius 3 is 3.08 bits per heavy atom. The summed E-state index contributed by atoms with van der Waals surface area (Å²) in [7, 11) is 0. The smallest absolute Gasteiger partial charge is 0.137 e. The first-order valence-electron chi connectivity index (χ1n) is 8.19. The zero-order chi connectivity index (χ0) is 16.8. The molecule has 0 bridgehead atoms. The fourth-order valence-corrected chi connectivity index (χ4v) is 2.84. The van der Waals surface area contributed by atoms with E-state index in [0.29, 0.717) is 17.9 Å². The lowest BCUT2D eigenvalue weighted by molar-refractivity contribution is -0.0401. The van der Waals surface area contributed by atoms with Crippen LogP contribution in [0.15, 0.2) is 36.7 Å². The highest BCUT2D eigenvalue weighted by atomic mass is 16.5. The number of ether oxygens (including phenoxy) is 2. The van der Waals surface area contributed by atoms with Gasteiger partial charge in [0.15, 0.2) is 0 Å². The summed E-state index contributed by atoms with van der Waals surface area (Å²) in [5.74, 6) is 0.650. The summed E-state index contributed by atoms with van der Waals surface area (Å²) in [6, 6.07) is 9.48. The SMILES string of the molecule is Cc1cnn(C[C@@H]2CN(CCOc3ccccc3C#N)CCO2)c1. The predicted octanol–water partition coefficient (Wildman–Crippen LogP) is 1.84. The van der Waals surface area contributed by atoms with Crippen LogP contribution in [0.2, 0.25) is 0 Å². The highest BCUT2D eigenvalue weighted by molar-refractivity contribution is 5.42. The Kier molecular flexibility index (Phi) is 5.47. The van der Waals surface area contributed by atoms with Gasteiger partial charge in [-0.2, -0.15) is 10.4 Å². The topological polar surface area (TPSA) is 63.3 Å². The quantitative estimate of drug-likeness (QED) is 0.810. The molecule has 0 saturated carbocycles. The van der Waals surface area contributed by atoms with Gasteiger partial charge in [-0.1, -0.05) is 12.1 Å². The second kappa shape index (κ2) is 7.95. The molecule has 1 fully saturated rings. The van der Waals surface area contributed by atoms with E-state index in [1.807, 2.05) is 42.2 Å². The summed E-state index contributed by atoms with van der Waals surface area (Å²) >= 11 is 0. The Morgan fingerprint density at radius 1 is 1.42 bits per heavy atom. The molecule has 1 aromatic carbocycles. The van der Waals surface area contributed by atoms with Gasteiger partial charge in [0.05, 0.1) is 31.0 Å². The molecule has 24 heavy (non-hydrogen) atoms. The molecule has 1 aliphatic rings. The Bertz CT molecular complexity index is 707. The molecule has 0 N–H and O–H groups in total. The van der Waals surface area contributed by atoms with Gasteiger partial charge < -0.3 is 9.47 Å². The maximum Gasteiger partial charge on any atom is 0.137 e. The van der Waals surface area contributed by atoms with Crippen LogP contribution in [0, 0.1) is 18.3 Å². The van der Waals surface area contributed by atoms with E-state index in [0.717, 1.165) is 38.3 Å². The average Bonchev–Trinajstić information content (AvgIpc) is 3.00. The van der Waals surface area contributed by atoms with Crippen LogP contribution in [0.5, 0.6) is 5.75 Å². The first-order chi connectivity index (χ1) is 11.7. The van der Waals surface area contributed by atoms with E-state index in [9.17, 15) is 0 Å². The normalized spacial score (nSPS) is 18.2. The molecule has 0 amide bonds. The van der Waals surface area contributed by atoms with Crippen molar-refractivity contribution in [3.63, 3.8) is 0 Å². The van der Waals surface area contributed by atoms with Gasteiger partial charge in [0.25, 0.3) is 0 Å². The monoisotopic (exact) mass is 326 g/mol. The number of benzene rings is 1. The van der Waals surface area contributed by atoms with Crippen molar-refractivity contribution in [2.24, 2.45) is 0 Å². The summed E-state index contributed by atoms with van der Waals surface area (Å²) in [6.07, 6.45) is 4.04. The number of hydrogen-bond donors (Lipinski definition) is 0.